The van der Waals surface area contributed by atoms with Gasteiger partial charge in [-0.25, -0.2) is 22.9 Å². The van der Waals surface area contributed by atoms with E-state index in [1.54, 1.807) is 25.1 Å². The number of anilines is 1. The van der Waals surface area contributed by atoms with Gasteiger partial charge in [0.25, 0.3) is 0 Å². The van der Waals surface area contributed by atoms with Gasteiger partial charge < -0.3 is 14.6 Å². The SMILES string of the molecule is Cc1cc(-c2ccc3oc(C4CCCN4C(=O)Nc4ccc(F)cc4F)nc3c2)ccc1F. The molecule has 5 nitrogen and oxygen atoms in total. The van der Waals surface area contributed by atoms with Crippen LogP contribution in [0.25, 0.3) is 22.2 Å². The summed E-state index contributed by atoms with van der Waals surface area (Å²) in [6.07, 6.45) is 1.39. The van der Waals surface area contributed by atoms with Crippen LogP contribution in [0.3, 0.4) is 0 Å². The Balaban J connectivity index is 1.40. The number of carbonyl (C=O) groups is 1. The van der Waals surface area contributed by atoms with Gasteiger partial charge in [-0.05, 0) is 72.9 Å². The summed E-state index contributed by atoms with van der Waals surface area (Å²) >= 11 is 0. The number of hydrogen-bond donors (Lipinski definition) is 1. The second-order valence-corrected chi connectivity index (χ2v) is 8.10. The van der Waals surface area contributed by atoms with E-state index in [2.05, 4.69) is 10.3 Å². The number of nitrogens with zero attached hydrogens (tertiary/aromatic N) is 2. The van der Waals surface area contributed by atoms with Crippen LogP contribution in [0, 0.1) is 24.4 Å². The van der Waals surface area contributed by atoms with E-state index in [1.807, 2.05) is 12.1 Å². The van der Waals surface area contributed by atoms with E-state index in [4.69, 9.17) is 4.42 Å². The molecule has 1 N–H and O–H groups in total. The highest BCUT2D eigenvalue weighted by atomic mass is 19.1. The van der Waals surface area contributed by atoms with Gasteiger partial charge in [0.15, 0.2) is 5.58 Å². The lowest BCUT2D eigenvalue weighted by Crippen LogP contribution is -2.34. The summed E-state index contributed by atoms with van der Waals surface area (Å²) < 4.78 is 46.7. The summed E-state index contributed by atoms with van der Waals surface area (Å²) in [5.41, 5.74) is 3.40. The molecule has 1 aliphatic heterocycles. The number of fused-ring (bicyclic) bond motifs is 1. The number of rotatable bonds is 3. The van der Waals surface area contributed by atoms with Crippen LogP contribution in [0.4, 0.5) is 23.7 Å². The van der Waals surface area contributed by atoms with Crippen LogP contribution >= 0.6 is 0 Å². The molecule has 5 rings (SSSR count). The maximum Gasteiger partial charge on any atom is 0.322 e. The Morgan fingerprint density at radius 3 is 2.61 bits per heavy atom. The summed E-state index contributed by atoms with van der Waals surface area (Å²) in [6.45, 7) is 2.17. The van der Waals surface area contributed by atoms with E-state index in [0.29, 0.717) is 35.5 Å². The highest BCUT2D eigenvalue weighted by molar-refractivity contribution is 5.90. The largest absolute Gasteiger partial charge is 0.438 e. The molecule has 2 amide bonds. The molecule has 0 aliphatic carbocycles. The zero-order valence-electron chi connectivity index (χ0n) is 17.7. The first-order valence-corrected chi connectivity index (χ1v) is 10.6. The molecule has 2 heterocycles. The standard InChI is InChI=1S/C25H20F3N3O2/c1-14-11-15(4-7-18(14)27)16-5-9-23-21(12-16)29-24(33-23)22-3-2-10-31(22)25(32)30-20-8-6-17(26)13-19(20)28/h4-9,11-13,22H,2-3,10H2,1H3,(H,30,32). The van der Waals surface area contributed by atoms with Gasteiger partial charge in [-0.15, -0.1) is 0 Å². The Kier molecular flexibility index (Phi) is 5.28. The number of carbonyl (C=O) groups excluding carboxylic acids is 1. The Labute approximate surface area is 187 Å². The van der Waals surface area contributed by atoms with Crippen LogP contribution < -0.4 is 5.32 Å². The van der Waals surface area contributed by atoms with Gasteiger partial charge in [0.2, 0.25) is 5.89 Å². The monoisotopic (exact) mass is 451 g/mol. The molecule has 1 saturated heterocycles. The number of aromatic nitrogens is 1. The van der Waals surface area contributed by atoms with Crippen molar-refractivity contribution in [1.29, 1.82) is 0 Å². The van der Waals surface area contributed by atoms with Crippen molar-refractivity contribution in [3.05, 3.63) is 83.5 Å². The summed E-state index contributed by atoms with van der Waals surface area (Å²) in [6, 6.07) is 12.5. The first kappa shape index (κ1) is 21.1. The minimum Gasteiger partial charge on any atom is -0.438 e. The van der Waals surface area contributed by atoms with E-state index in [1.165, 1.54) is 17.0 Å². The number of nitrogens with one attached hydrogen (secondary N) is 1. The number of halogens is 3. The van der Waals surface area contributed by atoms with Gasteiger partial charge in [-0.3, -0.25) is 0 Å². The zero-order chi connectivity index (χ0) is 23.1. The Morgan fingerprint density at radius 1 is 1.03 bits per heavy atom. The molecular weight excluding hydrogens is 431 g/mol. The molecule has 0 bridgehead atoms. The molecular formula is C25H20F3N3O2. The molecule has 8 heteroatoms. The molecule has 1 unspecified atom stereocenters. The van der Waals surface area contributed by atoms with E-state index in [0.717, 1.165) is 29.7 Å². The lowest BCUT2D eigenvalue weighted by atomic mass is 10.0. The highest BCUT2D eigenvalue weighted by Gasteiger charge is 2.34. The van der Waals surface area contributed by atoms with Crippen molar-refractivity contribution in [2.75, 3.05) is 11.9 Å². The number of benzene rings is 3. The third kappa shape index (κ3) is 4.04. The molecule has 33 heavy (non-hydrogen) atoms. The molecule has 0 spiro atoms. The first-order chi connectivity index (χ1) is 15.9. The Morgan fingerprint density at radius 2 is 1.82 bits per heavy atom. The summed E-state index contributed by atoms with van der Waals surface area (Å²) in [5, 5.41) is 2.50. The highest BCUT2D eigenvalue weighted by Crippen LogP contribution is 2.35. The van der Waals surface area contributed by atoms with Crippen molar-refractivity contribution in [3.63, 3.8) is 0 Å². The van der Waals surface area contributed by atoms with Crippen molar-refractivity contribution < 1.29 is 22.4 Å². The molecule has 1 aromatic heterocycles. The fraction of sp³-hybridized carbons (Fsp3) is 0.200. The number of amides is 2. The van der Waals surface area contributed by atoms with Crippen LogP contribution in [0.15, 0.2) is 59.0 Å². The molecule has 0 radical (unpaired) electrons. The van der Waals surface area contributed by atoms with Gasteiger partial charge >= 0.3 is 6.03 Å². The number of urea groups is 1. The van der Waals surface area contributed by atoms with Crippen molar-refractivity contribution in [2.24, 2.45) is 0 Å². The van der Waals surface area contributed by atoms with E-state index >= 15 is 0 Å². The summed E-state index contributed by atoms with van der Waals surface area (Å²) in [4.78, 5) is 18.9. The van der Waals surface area contributed by atoms with Crippen molar-refractivity contribution in [3.8, 4) is 11.1 Å². The van der Waals surface area contributed by atoms with Crippen LogP contribution in [0.2, 0.25) is 0 Å². The van der Waals surface area contributed by atoms with Crippen LogP contribution in [-0.4, -0.2) is 22.5 Å². The normalized spacial score (nSPS) is 15.9. The predicted molar refractivity (Wildman–Crippen MR) is 118 cm³/mol. The lowest BCUT2D eigenvalue weighted by molar-refractivity contribution is 0.198. The minimum atomic E-state index is -0.843. The predicted octanol–water partition coefficient (Wildman–Crippen LogP) is 6.59. The minimum absolute atomic E-state index is 0.0937. The molecule has 168 valence electrons. The number of aryl methyl sites for hydroxylation is 1. The van der Waals surface area contributed by atoms with E-state index in [9.17, 15) is 18.0 Å². The second kappa shape index (κ2) is 8.27. The molecule has 0 saturated carbocycles. The molecule has 1 atom stereocenters. The van der Waals surface area contributed by atoms with Gasteiger partial charge in [0.05, 0.1) is 5.69 Å². The van der Waals surface area contributed by atoms with Gasteiger partial charge in [0, 0.05) is 12.6 Å². The van der Waals surface area contributed by atoms with Crippen molar-refractivity contribution >= 4 is 22.8 Å². The number of likely N-dealkylation sites (tertiary alicyclic amines) is 1. The van der Waals surface area contributed by atoms with Crippen LogP contribution in [0.1, 0.15) is 30.3 Å². The first-order valence-electron chi connectivity index (χ1n) is 10.6. The summed E-state index contributed by atoms with van der Waals surface area (Å²) in [5.74, 6) is -1.43. The maximum absolute atomic E-state index is 14.0. The zero-order valence-corrected chi connectivity index (χ0v) is 17.7. The Bertz CT molecular complexity index is 1370. The van der Waals surface area contributed by atoms with Crippen molar-refractivity contribution in [2.45, 2.75) is 25.8 Å². The second-order valence-electron chi connectivity index (χ2n) is 8.10. The van der Waals surface area contributed by atoms with Crippen LogP contribution in [-0.2, 0) is 0 Å². The van der Waals surface area contributed by atoms with E-state index < -0.39 is 23.7 Å². The third-order valence-electron chi connectivity index (χ3n) is 5.87. The fourth-order valence-electron chi connectivity index (χ4n) is 4.14. The lowest BCUT2D eigenvalue weighted by Gasteiger charge is -2.22. The third-order valence-corrected chi connectivity index (χ3v) is 5.87. The molecule has 1 fully saturated rings. The average Bonchev–Trinajstić information content (AvgIpc) is 3.44. The van der Waals surface area contributed by atoms with Crippen molar-refractivity contribution in [1.82, 2.24) is 9.88 Å². The molecule has 1 aliphatic rings. The van der Waals surface area contributed by atoms with Gasteiger partial charge in [-0.1, -0.05) is 12.1 Å². The number of oxazole rings is 1. The average molecular weight is 451 g/mol. The quantitative estimate of drug-likeness (QED) is 0.382. The summed E-state index contributed by atoms with van der Waals surface area (Å²) in [7, 11) is 0. The smallest absolute Gasteiger partial charge is 0.322 e. The maximum atomic E-state index is 14.0. The van der Waals surface area contributed by atoms with Crippen LogP contribution in [0.5, 0.6) is 0 Å². The van der Waals surface area contributed by atoms with Gasteiger partial charge in [-0.2, -0.15) is 0 Å². The topological polar surface area (TPSA) is 58.4 Å². The Hall–Kier alpha value is -3.81. The van der Waals surface area contributed by atoms with E-state index in [-0.39, 0.29) is 11.5 Å². The fourth-order valence-corrected chi connectivity index (χ4v) is 4.14. The number of hydrogen-bond acceptors (Lipinski definition) is 3. The molecule has 4 aromatic rings. The molecule has 3 aromatic carbocycles. The van der Waals surface area contributed by atoms with Gasteiger partial charge in [0.1, 0.15) is 29.0 Å².